The van der Waals surface area contributed by atoms with Crippen molar-refractivity contribution in [2.24, 2.45) is 0 Å². The van der Waals surface area contributed by atoms with Crippen LogP contribution in [0.4, 0.5) is 4.39 Å². The Labute approximate surface area is 98.2 Å². The van der Waals surface area contributed by atoms with Crippen molar-refractivity contribution in [2.75, 3.05) is 20.2 Å². The summed E-state index contributed by atoms with van der Waals surface area (Å²) in [4.78, 5) is 0. The molecule has 0 amide bonds. The van der Waals surface area contributed by atoms with Gasteiger partial charge in [-0.05, 0) is 13.0 Å². The summed E-state index contributed by atoms with van der Waals surface area (Å²) >= 11 is 5.94. The van der Waals surface area contributed by atoms with E-state index in [4.69, 9.17) is 16.3 Å². The number of hydrogen-bond donors (Lipinski definition) is 2. The van der Waals surface area contributed by atoms with Crippen molar-refractivity contribution in [1.29, 1.82) is 0 Å². The van der Waals surface area contributed by atoms with E-state index in [1.54, 1.807) is 0 Å². The maximum atomic E-state index is 13.4. The van der Waals surface area contributed by atoms with Crippen LogP contribution in [0.25, 0.3) is 0 Å². The molecule has 1 unspecified atom stereocenters. The fourth-order valence-corrected chi connectivity index (χ4v) is 2.39. The van der Waals surface area contributed by atoms with Crippen LogP contribution in [0.1, 0.15) is 17.9 Å². The second-order valence-electron chi connectivity index (χ2n) is 3.83. The smallest absolute Gasteiger partial charge is 0.165 e. The molecule has 1 aliphatic rings. The lowest BCUT2D eigenvalue weighted by Crippen LogP contribution is -2.09. The number of phenolic OH excluding ortho intramolecular Hbond substituents is 1. The Hall–Kier alpha value is -1.00. The fraction of sp³-hybridized carbons (Fsp3) is 0.455. The molecule has 1 aromatic carbocycles. The maximum absolute atomic E-state index is 13.4. The molecule has 5 heteroatoms. The molecule has 1 aliphatic heterocycles. The van der Waals surface area contributed by atoms with Gasteiger partial charge in [0.1, 0.15) is 5.82 Å². The molecule has 0 aliphatic carbocycles. The van der Waals surface area contributed by atoms with Gasteiger partial charge >= 0.3 is 0 Å². The van der Waals surface area contributed by atoms with Gasteiger partial charge in [-0.2, -0.15) is 0 Å². The van der Waals surface area contributed by atoms with Gasteiger partial charge < -0.3 is 15.2 Å². The molecule has 2 rings (SSSR count). The Morgan fingerprint density at radius 1 is 1.62 bits per heavy atom. The number of nitrogens with one attached hydrogen (secondary N) is 1. The molecule has 0 spiro atoms. The summed E-state index contributed by atoms with van der Waals surface area (Å²) < 4.78 is 18.5. The highest BCUT2D eigenvalue weighted by atomic mass is 35.5. The predicted molar refractivity (Wildman–Crippen MR) is 59.9 cm³/mol. The molecule has 1 fully saturated rings. The van der Waals surface area contributed by atoms with Crippen LogP contribution in [-0.2, 0) is 0 Å². The minimum Gasteiger partial charge on any atom is -0.504 e. The van der Waals surface area contributed by atoms with Crippen LogP contribution in [-0.4, -0.2) is 25.3 Å². The average molecular weight is 246 g/mol. The first-order valence-electron chi connectivity index (χ1n) is 5.10. The molecule has 1 aromatic rings. The molecule has 88 valence electrons. The van der Waals surface area contributed by atoms with Gasteiger partial charge in [0.15, 0.2) is 11.5 Å². The summed E-state index contributed by atoms with van der Waals surface area (Å²) in [6.45, 7) is 1.58. The number of benzene rings is 1. The van der Waals surface area contributed by atoms with Crippen molar-refractivity contribution in [3.05, 3.63) is 22.5 Å². The molecule has 1 atom stereocenters. The largest absolute Gasteiger partial charge is 0.504 e. The minimum atomic E-state index is -0.609. The Kier molecular flexibility index (Phi) is 3.21. The molecule has 0 aromatic heterocycles. The van der Waals surface area contributed by atoms with E-state index in [2.05, 4.69) is 5.32 Å². The molecule has 0 saturated carbocycles. The van der Waals surface area contributed by atoms with Crippen molar-refractivity contribution < 1.29 is 14.2 Å². The SMILES string of the molecule is COc1c(O)cc(F)c(Cl)c1C1CCNC1. The van der Waals surface area contributed by atoms with Gasteiger partial charge in [0.05, 0.1) is 12.1 Å². The van der Waals surface area contributed by atoms with Crippen molar-refractivity contribution in [1.82, 2.24) is 5.32 Å². The Balaban J connectivity index is 2.54. The van der Waals surface area contributed by atoms with Crippen molar-refractivity contribution >= 4 is 11.6 Å². The van der Waals surface area contributed by atoms with E-state index in [9.17, 15) is 9.50 Å². The first-order valence-corrected chi connectivity index (χ1v) is 5.48. The standard InChI is InChI=1S/C11H13ClFNO2/c1-16-11-8(15)4-7(13)10(12)9(11)6-2-3-14-5-6/h4,6,14-15H,2-3,5H2,1H3. The second-order valence-corrected chi connectivity index (χ2v) is 4.21. The number of phenols is 1. The van der Waals surface area contributed by atoms with Crippen LogP contribution >= 0.6 is 11.6 Å². The zero-order chi connectivity index (χ0) is 11.7. The Morgan fingerprint density at radius 2 is 2.38 bits per heavy atom. The highest BCUT2D eigenvalue weighted by molar-refractivity contribution is 6.31. The lowest BCUT2D eigenvalue weighted by Gasteiger charge is -2.17. The van der Waals surface area contributed by atoms with E-state index in [-0.39, 0.29) is 22.4 Å². The zero-order valence-corrected chi connectivity index (χ0v) is 9.64. The molecule has 0 bridgehead atoms. The van der Waals surface area contributed by atoms with Crippen LogP contribution in [0, 0.1) is 5.82 Å². The molecular weight excluding hydrogens is 233 g/mol. The van der Waals surface area contributed by atoms with Crippen LogP contribution in [0.5, 0.6) is 11.5 Å². The third kappa shape index (κ3) is 1.83. The van der Waals surface area contributed by atoms with Gasteiger partial charge in [-0.1, -0.05) is 11.6 Å². The van der Waals surface area contributed by atoms with Gasteiger partial charge in [0.2, 0.25) is 0 Å². The Bertz CT molecular complexity index is 405. The van der Waals surface area contributed by atoms with Gasteiger partial charge in [-0.3, -0.25) is 0 Å². The van der Waals surface area contributed by atoms with Gasteiger partial charge in [0.25, 0.3) is 0 Å². The molecule has 1 heterocycles. The van der Waals surface area contributed by atoms with E-state index in [1.807, 2.05) is 0 Å². The van der Waals surface area contributed by atoms with Crippen molar-refractivity contribution in [3.8, 4) is 11.5 Å². The van der Waals surface area contributed by atoms with Gasteiger partial charge in [-0.15, -0.1) is 0 Å². The lowest BCUT2D eigenvalue weighted by molar-refractivity contribution is 0.364. The summed E-state index contributed by atoms with van der Waals surface area (Å²) in [7, 11) is 1.44. The van der Waals surface area contributed by atoms with Crippen molar-refractivity contribution in [3.63, 3.8) is 0 Å². The van der Waals surface area contributed by atoms with E-state index in [0.29, 0.717) is 5.56 Å². The van der Waals surface area contributed by atoms with Crippen LogP contribution in [0.3, 0.4) is 0 Å². The van der Waals surface area contributed by atoms with E-state index >= 15 is 0 Å². The lowest BCUT2D eigenvalue weighted by atomic mass is 9.96. The summed E-state index contributed by atoms with van der Waals surface area (Å²) in [6, 6.07) is 0.979. The maximum Gasteiger partial charge on any atom is 0.165 e. The van der Waals surface area contributed by atoms with Gasteiger partial charge in [0, 0.05) is 24.1 Å². The molecule has 3 nitrogen and oxygen atoms in total. The molecule has 0 radical (unpaired) electrons. The highest BCUT2D eigenvalue weighted by Crippen LogP contribution is 2.43. The number of halogens is 2. The van der Waals surface area contributed by atoms with Gasteiger partial charge in [-0.25, -0.2) is 4.39 Å². The molecule has 1 saturated heterocycles. The number of ether oxygens (including phenoxy) is 1. The first-order chi connectivity index (χ1) is 7.65. The van der Waals surface area contributed by atoms with Crippen LogP contribution in [0.15, 0.2) is 6.07 Å². The molecule has 16 heavy (non-hydrogen) atoms. The monoisotopic (exact) mass is 245 g/mol. The van der Waals surface area contributed by atoms with E-state index < -0.39 is 5.82 Å². The second kappa shape index (κ2) is 4.47. The van der Waals surface area contributed by atoms with Crippen LogP contribution < -0.4 is 10.1 Å². The summed E-state index contributed by atoms with van der Waals surface area (Å²) in [6.07, 6.45) is 0.860. The average Bonchev–Trinajstić information content (AvgIpc) is 2.76. The van der Waals surface area contributed by atoms with E-state index in [0.717, 1.165) is 25.6 Å². The van der Waals surface area contributed by atoms with E-state index in [1.165, 1.54) is 7.11 Å². The summed E-state index contributed by atoms with van der Waals surface area (Å²) in [5.41, 5.74) is 0.562. The zero-order valence-electron chi connectivity index (χ0n) is 8.89. The van der Waals surface area contributed by atoms with Crippen molar-refractivity contribution in [2.45, 2.75) is 12.3 Å². The number of rotatable bonds is 2. The quantitative estimate of drug-likeness (QED) is 0.840. The predicted octanol–water partition coefficient (Wildman–Crippen LogP) is 2.27. The highest BCUT2D eigenvalue weighted by Gasteiger charge is 2.27. The van der Waals surface area contributed by atoms with Crippen LogP contribution in [0.2, 0.25) is 5.02 Å². The normalized spacial score (nSPS) is 20.1. The topological polar surface area (TPSA) is 41.5 Å². The Morgan fingerprint density at radius 3 is 2.94 bits per heavy atom. The first kappa shape index (κ1) is 11.5. The molecule has 2 N–H and O–H groups in total. The summed E-state index contributed by atoms with van der Waals surface area (Å²) in [5, 5.41) is 12.8. The number of aromatic hydroxyl groups is 1. The molecular formula is C11H13ClFNO2. The third-order valence-electron chi connectivity index (χ3n) is 2.86. The minimum absolute atomic E-state index is 0.0448. The number of hydrogen-bond acceptors (Lipinski definition) is 3. The third-order valence-corrected chi connectivity index (χ3v) is 3.24. The summed E-state index contributed by atoms with van der Waals surface area (Å²) in [5.74, 6) is -0.447. The number of methoxy groups -OCH3 is 1. The fourth-order valence-electron chi connectivity index (χ4n) is 2.10.